The van der Waals surface area contributed by atoms with Crippen LogP contribution in [0.15, 0.2) is 48.5 Å². The number of nitrogen functional groups attached to an aromatic ring is 1. The lowest BCUT2D eigenvalue weighted by Crippen LogP contribution is -2.19. The number of nitrogens with two attached hydrogens (primary N) is 1. The number of ether oxygens (including phenoxy) is 2. The molecule has 178 valence electrons. The van der Waals surface area contributed by atoms with Crippen molar-refractivity contribution in [3.63, 3.8) is 0 Å². The van der Waals surface area contributed by atoms with Crippen LogP contribution in [-0.2, 0) is 16.0 Å². The fraction of sp³-hybridized carbons (Fsp3) is 0.333. The summed E-state index contributed by atoms with van der Waals surface area (Å²) in [5.74, 6) is 0.276. The van der Waals surface area contributed by atoms with Gasteiger partial charge in [-0.2, -0.15) is 0 Å². The molecular weight excluding hydrogens is 481 g/mol. The van der Waals surface area contributed by atoms with E-state index in [-0.39, 0.29) is 48.6 Å². The first-order valence-electron chi connectivity index (χ1n) is 10.5. The smallest absolute Gasteiger partial charge is 0.314 e. The second kappa shape index (κ2) is 12.2. The first-order valence-corrected chi connectivity index (χ1v) is 11.4. The molecule has 33 heavy (non-hydrogen) atoms. The highest BCUT2D eigenvalue weighted by Crippen LogP contribution is 2.34. The lowest BCUT2D eigenvalue weighted by Gasteiger charge is -2.16. The van der Waals surface area contributed by atoms with Crippen molar-refractivity contribution in [2.75, 3.05) is 19.7 Å². The van der Waals surface area contributed by atoms with Crippen molar-refractivity contribution in [2.24, 2.45) is 5.73 Å². The average molecular weight is 510 g/mol. The summed E-state index contributed by atoms with van der Waals surface area (Å²) in [6.07, 6.45) is 1.79. The maximum Gasteiger partial charge on any atom is 0.314 e. The van der Waals surface area contributed by atoms with Gasteiger partial charge in [0, 0.05) is 21.7 Å². The fourth-order valence-corrected chi connectivity index (χ4v) is 4.94. The summed E-state index contributed by atoms with van der Waals surface area (Å²) < 4.78 is 12.4. The van der Waals surface area contributed by atoms with Crippen LogP contribution < -0.4 is 15.8 Å². The number of thiophene rings is 1. The van der Waals surface area contributed by atoms with Crippen molar-refractivity contribution < 1.29 is 14.3 Å². The van der Waals surface area contributed by atoms with Crippen LogP contribution in [0.2, 0.25) is 0 Å². The van der Waals surface area contributed by atoms with Crippen LogP contribution in [0.1, 0.15) is 35.3 Å². The summed E-state index contributed by atoms with van der Waals surface area (Å²) in [4.78, 5) is 13.7. The Labute approximate surface area is 210 Å². The number of carbonyl (C=O) groups is 1. The lowest BCUT2D eigenvalue weighted by atomic mass is 9.97. The Morgan fingerprint density at radius 2 is 1.97 bits per heavy atom. The van der Waals surface area contributed by atoms with Gasteiger partial charge in [0.15, 0.2) is 0 Å². The lowest BCUT2D eigenvalue weighted by molar-refractivity contribution is -0.144. The number of carbonyl (C=O) groups excluding carboxylic acids is 1. The molecule has 2 atom stereocenters. The van der Waals surface area contributed by atoms with Crippen LogP contribution in [0.3, 0.4) is 0 Å². The zero-order chi connectivity index (χ0) is 21.8. The second-order valence-electron chi connectivity index (χ2n) is 7.70. The summed E-state index contributed by atoms with van der Waals surface area (Å²) in [5.41, 5.74) is 7.35. The van der Waals surface area contributed by atoms with Gasteiger partial charge < -0.3 is 20.5 Å². The maximum atomic E-state index is 12.8. The molecule has 1 aliphatic rings. The first-order chi connectivity index (χ1) is 15.0. The van der Waals surface area contributed by atoms with Gasteiger partial charge in [0.25, 0.3) is 0 Å². The van der Waals surface area contributed by atoms with E-state index < -0.39 is 0 Å². The Balaban J connectivity index is 0.00000193. The minimum absolute atomic E-state index is 0. The molecule has 0 spiro atoms. The molecule has 3 aromatic rings. The van der Waals surface area contributed by atoms with Gasteiger partial charge in [0.05, 0.1) is 12.5 Å². The van der Waals surface area contributed by atoms with Gasteiger partial charge in [-0.15, -0.1) is 36.2 Å². The van der Waals surface area contributed by atoms with Crippen LogP contribution in [-0.4, -0.2) is 37.6 Å². The van der Waals surface area contributed by atoms with Gasteiger partial charge in [-0.25, -0.2) is 0 Å². The van der Waals surface area contributed by atoms with Crippen LogP contribution in [0.4, 0.5) is 0 Å². The van der Waals surface area contributed by atoms with Crippen LogP contribution in [0.5, 0.6) is 5.75 Å². The number of esters is 1. The molecule has 0 radical (unpaired) electrons. The van der Waals surface area contributed by atoms with E-state index in [1.807, 2.05) is 55.5 Å². The van der Waals surface area contributed by atoms with Crippen LogP contribution in [0.25, 0.3) is 10.1 Å². The highest BCUT2D eigenvalue weighted by Gasteiger charge is 2.25. The number of halogens is 2. The summed E-state index contributed by atoms with van der Waals surface area (Å²) in [7, 11) is 0. The fourth-order valence-electron chi connectivity index (χ4n) is 3.81. The molecule has 0 aliphatic carbocycles. The van der Waals surface area contributed by atoms with Gasteiger partial charge in [-0.1, -0.05) is 12.1 Å². The van der Waals surface area contributed by atoms with E-state index in [0.717, 1.165) is 45.8 Å². The summed E-state index contributed by atoms with van der Waals surface area (Å²) >= 11 is 1.58. The predicted octanol–water partition coefficient (Wildman–Crippen LogP) is 4.66. The Morgan fingerprint density at radius 3 is 2.61 bits per heavy atom. The summed E-state index contributed by atoms with van der Waals surface area (Å²) in [5, 5.41) is 11.9. The molecule has 4 N–H and O–H groups in total. The number of fused-ring (bicyclic) bond motifs is 1. The van der Waals surface area contributed by atoms with Crippen molar-refractivity contribution in [1.29, 1.82) is 5.41 Å². The molecule has 1 fully saturated rings. The normalized spacial score (nSPS) is 15.8. The molecule has 4 rings (SSSR count). The van der Waals surface area contributed by atoms with Gasteiger partial charge in [-0.3, -0.25) is 10.2 Å². The first kappa shape index (κ1) is 26.9. The highest BCUT2D eigenvalue weighted by atomic mass is 35.5. The van der Waals surface area contributed by atoms with Gasteiger partial charge in [0.2, 0.25) is 0 Å². The Morgan fingerprint density at radius 1 is 1.21 bits per heavy atom. The Bertz CT molecular complexity index is 1080. The molecular formula is C24H29Cl2N3O3S. The van der Waals surface area contributed by atoms with Crippen molar-refractivity contribution in [1.82, 2.24) is 5.32 Å². The highest BCUT2D eigenvalue weighted by molar-refractivity contribution is 7.19. The molecule has 2 aromatic carbocycles. The molecule has 0 bridgehead atoms. The van der Waals surface area contributed by atoms with Gasteiger partial charge in [-0.05, 0) is 73.7 Å². The molecule has 0 saturated carbocycles. The molecule has 1 unspecified atom stereocenters. The van der Waals surface area contributed by atoms with E-state index >= 15 is 0 Å². The van der Waals surface area contributed by atoms with Crippen molar-refractivity contribution >= 4 is 58.0 Å². The number of hydrogen-bond donors (Lipinski definition) is 3. The number of hydrogen-bond acceptors (Lipinski definition) is 6. The molecule has 1 aliphatic heterocycles. The standard InChI is InChI=1S/C24H27N3O3S.2ClH/c1-2-29-24(28)20(22-13-17-12-16(23(25)26)5-8-21(17)31-22)11-15-3-6-18(7-4-15)30-19-9-10-27-14-19;;/h3-8,12-13,19-20,27H,2,9-11,14H2,1H3,(H3,25,26);2*1H/t19-,20?;;/m0../s1. The number of nitrogens with one attached hydrogen (secondary N) is 2. The van der Waals surface area contributed by atoms with E-state index in [1.54, 1.807) is 11.3 Å². The van der Waals surface area contributed by atoms with E-state index in [2.05, 4.69) is 5.32 Å². The van der Waals surface area contributed by atoms with E-state index in [9.17, 15) is 4.79 Å². The van der Waals surface area contributed by atoms with E-state index in [0.29, 0.717) is 18.6 Å². The zero-order valence-electron chi connectivity index (χ0n) is 18.3. The molecule has 6 nitrogen and oxygen atoms in total. The summed E-state index contributed by atoms with van der Waals surface area (Å²) in [6, 6.07) is 15.7. The molecule has 9 heteroatoms. The topological polar surface area (TPSA) is 97.4 Å². The number of amidine groups is 1. The van der Waals surface area contributed by atoms with Crippen molar-refractivity contribution in [3.8, 4) is 5.75 Å². The van der Waals surface area contributed by atoms with Crippen LogP contribution >= 0.6 is 36.2 Å². The third-order valence-electron chi connectivity index (χ3n) is 5.44. The third kappa shape index (κ3) is 6.60. The van der Waals surface area contributed by atoms with Gasteiger partial charge >= 0.3 is 5.97 Å². The quantitative estimate of drug-likeness (QED) is 0.233. The molecule has 1 aromatic heterocycles. The average Bonchev–Trinajstić information content (AvgIpc) is 3.42. The maximum absolute atomic E-state index is 12.8. The van der Waals surface area contributed by atoms with E-state index in [4.69, 9.17) is 20.6 Å². The van der Waals surface area contributed by atoms with Crippen molar-refractivity contribution in [3.05, 3.63) is 64.5 Å². The predicted molar refractivity (Wildman–Crippen MR) is 139 cm³/mol. The second-order valence-corrected chi connectivity index (χ2v) is 8.82. The molecule has 0 amide bonds. The van der Waals surface area contributed by atoms with Gasteiger partial charge in [0.1, 0.15) is 17.7 Å². The largest absolute Gasteiger partial charge is 0.489 e. The Kier molecular flexibility index (Phi) is 9.98. The number of benzene rings is 2. The van der Waals surface area contributed by atoms with Crippen molar-refractivity contribution in [2.45, 2.75) is 31.8 Å². The SMILES string of the molecule is CCOC(=O)C(Cc1ccc(O[C@H]2CCNC2)cc1)c1cc2cc(C(=N)N)ccc2s1.Cl.Cl. The third-order valence-corrected chi connectivity index (χ3v) is 6.67. The molecule has 1 saturated heterocycles. The Hall–Kier alpha value is -2.32. The minimum atomic E-state index is -0.385. The minimum Gasteiger partial charge on any atom is -0.489 e. The zero-order valence-corrected chi connectivity index (χ0v) is 20.8. The van der Waals surface area contributed by atoms with E-state index in [1.165, 1.54) is 0 Å². The monoisotopic (exact) mass is 509 g/mol. The summed E-state index contributed by atoms with van der Waals surface area (Å²) in [6.45, 7) is 4.04. The molecule has 2 heterocycles. The van der Waals surface area contributed by atoms with Crippen LogP contribution in [0, 0.1) is 5.41 Å². The number of rotatable bonds is 8.